The van der Waals surface area contributed by atoms with Gasteiger partial charge in [0.15, 0.2) is 5.82 Å². The maximum absolute atomic E-state index is 6.02. The summed E-state index contributed by atoms with van der Waals surface area (Å²) in [5, 5.41) is 8.62. The number of rotatable bonds is 2. The van der Waals surface area contributed by atoms with E-state index in [1.807, 2.05) is 31.5 Å². The zero-order chi connectivity index (χ0) is 17.1. The van der Waals surface area contributed by atoms with Gasteiger partial charge in [0.25, 0.3) is 0 Å². The molecule has 0 aliphatic carbocycles. The Balaban J connectivity index is 1.55. The molecule has 2 aliphatic heterocycles. The highest BCUT2D eigenvalue weighted by atomic mass is 16.5. The van der Waals surface area contributed by atoms with Crippen molar-refractivity contribution in [3.8, 4) is 0 Å². The quantitative estimate of drug-likeness (QED) is 0.837. The minimum atomic E-state index is 0.122. The molecule has 4 rings (SSSR count). The number of aryl methyl sites for hydroxylation is 1. The molecule has 0 amide bonds. The van der Waals surface area contributed by atoms with Crippen LogP contribution in [0.5, 0.6) is 0 Å². The lowest BCUT2D eigenvalue weighted by atomic mass is 9.80. The number of nitrogens with zero attached hydrogens (tertiary/aromatic N) is 5. The molecule has 0 bridgehead atoms. The highest BCUT2D eigenvalue weighted by Gasteiger charge is 2.39. The smallest absolute Gasteiger partial charge is 0.151 e. The van der Waals surface area contributed by atoms with Crippen molar-refractivity contribution >= 4 is 11.5 Å². The van der Waals surface area contributed by atoms with Crippen LogP contribution in [-0.4, -0.2) is 54.6 Å². The van der Waals surface area contributed by atoms with Gasteiger partial charge < -0.3 is 14.5 Å². The van der Waals surface area contributed by atoms with Crippen LogP contribution in [0, 0.1) is 12.3 Å². The summed E-state index contributed by atoms with van der Waals surface area (Å²) in [6, 6.07) is 8.26. The third-order valence-corrected chi connectivity index (χ3v) is 5.22. The summed E-state index contributed by atoms with van der Waals surface area (Å²) in [4.78, 5) is 9.07. The van der Waals surface area contributed by atoms with Crippen LogP contribution < -0.4 is 9.80 Å². The normalized spacial score (nSPS) is 24.4. The van der Waals surface area contributed by atoms with Crippen molar-refractivity contribution in [1.29, 1.82) is 0 Å². The van der Waals surface area contributed by atoms with Gasteiger partial charge in [-0.3, -0.25) is 4.98 Å². The van der Waals surface area contributed by atoms with Gasteiger partial charge in [-0.1, -0.05) is 0 Å². The van der Waals surface area contributed by atoms with Crippen molar-refractivity contribution in [3.05, 3.63) is 42.4 Å². The average molecular weight is 339 g/mol. The Hall–Kier alpha value is -2.21. The first kappa shape index (κ1) is 16.3. The maximum atomic E-state index is 6.02. The second-order valence-electron chi connectivity index (χ2n) is 7.24. The highest BCUT2D eigenvalue weighted by Crippen LogP contribution is 2.35. The van der Waals surface area contributed by atoms with Crippen LogP contribution in [0.1, 0.15) is 18.5 Å². The molecule has 4 heterocycles. The van der Waals surface area contributed by atoms with Crippen LogP contribution in [0.15, 0.2) is 36.7 Å². The number of aromatic nitrogens is 3. The molecule has 0 aromatic carbocycles. The van der Waals surface area contributed by atoms with Crippen LogP contribution in [-0.2, 0) is 4.74 Å². The molecule has 0 N–H and O–H groups in total. The van der Waals surface area contributed by atoms with Crippen LogP contribution in [0.25, 0.3) is 0 Å². The lowest BCUT2D eigenvalue weighted by molar-refractivity contribution is 0.0597. The Morgan fingerprint density at radius 2 is 2.00 bits per heavy atom. The Kier molecular flexibility index (Phi) is 4.53. The number of piperidine rings is 1. The molecular formula is C19H25N5O. The van der Waals surface area contributed by atoms with Crippen molar-refractivity contribution in [1.82, 2.24) is 15.2 Å². The summed E-state index contributed by atoms with van der Waals surface area (Å²) in [6.07, 6.45) is 6.11. The fraction of sp³-hybridized carbons (Fsp3) is 0.526. The molecule has 6 heteroatoms. The van der Waals surface area contributed by atoms with E-state index in [4.69, 9.17) is 4.74 Å². The number of ether oxygens (including phenoxy) is 1. The first-order valence-electron chi connectivity index (χ1n) is 9.02. The number of hydrogen-bond donors (Lipinski definition) is 0. The first-order chi connectivity index (χ1) is 12.2. The van der Waals surface area contributed by atoms with Gasteiger partial charge in [0.2, 0.25) is 0 Å². The minimum absolute atomic E-state index is 0.122. The second kappa shape index (κ2) is 6.96. The molecule has 1 spiro atoms. The van der Waals surface area contributed by atoms with Gasteiger partial charge in [0.05, 0.1) is 30.8 Å². The van der Waals surface area contributed by atoms with Gasteiger partial charge in [-0.05, 0) is 44.0 Å². The van der Waals surface area contributed by atoms with Gasteiger partial charge in [0.1, 0.15) is 0 Å². The SMILES string of the molecule is Cc1ccc(N2CCCC3(COCCN(c4cccnc4)C3)C2)nn1. The maximum Gasteiger partial charge on any atom is 0.151 e. The van der Waals surface area contributed by atoms with Crippen molar-refractivity contribution in [2.45, 2.75) is 19.8 Å². The van der Waals surface area contributed by atoms with Crippen molar-refractivity contribution in [2.24, 2.45) is 5.41 Å². The predicted molar refractivity (Wildman–Crippen MR) is 97.9 cm³/mol. The van der Waals surface area contributed by atoms with E-state index in [0.717, 1.165) is 57.3 Å². The molecule has 132 valence electrons. The van der Waals surface area contributed by atoms with E-state index in [9.17, 15) is 0 Å². The topological polar surface area (TPSA) is 54.4 Å². The molecule has 2 aromatic heterocycles. The molecule has 25 heavy (non-hydrogen) atoms. The van der Waals surface area contributed by atoms with Crippen molar-refractivity contribution < 1.29 is 4.74 Å². The largest absolute Gasteiger partial charge is 0.379 e. The summed E-state index contributed by atoms with van der Waals surface area (Å²) < 4.78 is 6.02. The van der Waals surface area contributed by atoms with Gasteiger partial charge in [-0.2, -0.15) is 5.10 Å². The van der Waals surface area contributed by atoms with Gasteiger partial charge in [0, 0.05) is 37.8 Å². The van der Waals surface area contributed by atoms with Crippen LogP contribution in [0.4, 0.5) is 11.5 Å². The molecule has 0 radical (unpaired) electrons. The molecule has 1 unspecified atom stereocenters. The first-order valence-corrected chi connectivity index (χ1v) is 9.02. The lowest BCUT2D eigenvalue weighted by Gasteiger charge is -2.44. The monoisotopic (exact) mass is 339 g/mol. The number of pyridine rings is 1. The van der Waals surface area contributed by atoms with Crippen molar-refractivity contribution in [3.63, 3.8) is 0 Å². The molecular weight excluding hydrogens is 314 g/mol. The number of anilines is 2. The summed E-state index contributed by atoms with van der Waals surface area (Å²) in [6.45, 7) is 7.44. The van der Waals surface area contributed by atoms with E-state index in [1.165, 1.54) is 12.1 Å². The molecule has 2 aromatic rings. The van der Waals surface area contributed by atoms with E-state index in [0.29, 0.717) is 0 Å². The average Bonchev–Trinajstić information content (AvgIpc) is 2.86. The molecule has 0 saturated carbocycles. The Morgan fingerprint density at radius 1 is 1.08 bits per heavy atom. The Morgan fingerprint density at radius 3 is 2.80 bits per heavy atom. The summed E-state index contributed by atoms with van der Waals surface area (Å²) in [5.41, 5.74) is 2.26. The Bertz CT molecular complexity index is 693. The summed E-state index contributed by atoms with van der Waals surface area (Å²) in [5.74, 6) is 0.974. The molecule has 6 nitrogen and oxygen atoms in total. The van der Waals surface area contributed by atoms with Crippen LogP contribution in [0.3, 0.4) is 0 Å². The van der Waals surface area contributed by atoms with E-state index in [-0.39, 0.29) is 5.41 Å². The molecule has 2 saturated heterocycles. The van der Waals surface area contributed by atoms with E-state index < -0.39 is 0 Å². The molecule has 2 aliphatic rings. The standard InChI is InChI=1S/C19H25N5O/c1-16-5-6-18(22-21-16)24-9-3-7-19(14-24)13-23(10-11-25-15-19)17-4-2-8-20-12-17/h2,4-6,8,12H,3,7,9-11,13-15H2,1H3. The Labute approximate surface area is 148 Å². The molecule has 2 fully saturated rings. The zero-order valence-electron chi connectivity index (χ0n) is 14.8. The third kappa shape index (κ3) is 3.58. The van der Waals surface area contributed by atoms with Crippen molar-refractivity contribution in [2.75, 3.05) is 49.2 Å². The van der Waals surface area contributed by atoms with Gasteiger partial charge in [-0.15, -0.1) is 5.10 Å². The summed E-state index contributed by atoms with van der Waals surface area (Å²) >= 11 is 0. The third-order valence-electron chi connectivity index (χ3n) is 5.22. The summed E-state index contributed by atoms with van der Waals surface area (Å²) in [7, 11) is 0. The predicted octanol–water partition coefficient (Wildman–Crippen LogP) is 2.30. The van der Waals surface area contributed by atoms with E-state index in [2.05, 4.69) is 37.1 Å². The number of hydrogen-bond acceptors (Lipinski definition) is 6. The highest BCUT2D eigenvalue weighted by molar-refractivity contribution is 5.45. The van der Waals surface area contributed by atoms with E-state index >= 15 is 0 Å². The van der Waals surface area contributed by atoms with Crippen LogP contribution in [0.2, 0.25) is 0 Å². The second-order valence-corrected chi connectivity index (χ2v) is 7.24. The zero-order valence-corrected chi connectivity index (χ0v) is 14.8. The fourth-order valence-electron chi connectivity index (χ4n) is 3.97. The van der Waals surface area contributed by atoms with Gasteiger partial charge >= 0.3 is 0 Å². The van der Waals surface area contributed by atoms with Crippen LogP contribution >= 0.6 is 0 Å². The fourth-order valence-corrected chi connectivity index (χ4v) is 3.97. The van der Waals surface area contributed by atoms with Gasteiger partial charge in [-0.25, -0.2) is 0 Å². The lowest BCUT2D eigenvalue weighted by Crippen LogP contribution is -2.51. The minimum Gasteiger partial charge on any atom is -0.379 e. The van der Waals surface area contributed by atoms with E-state index in [1.54, 1.807) is 0 Å². The molecule has 1 atom stereocenters.